The van der Waals surface area contributed by atoms with Gasteiger partial charge >= 0.3 is 5.97 Å². The summed E-state index contributed by atoms with van der Waals surface area (Å²) in [6, 6.07) is 12.9. The molecule has 0 saturated carbocycles. The van der Waals surface area contributed by atoms with Crippen LogP contribution in [0.25, 0.3) is 0 Å². The van der Waals surface area contributed by atoms with Crippen LogP contribution in [-0.4, -0.2) is 19.6 Å². The number of hydrogen-bond donors (Lipinski definition) is 0. The second kappa shape index (κ2) is 8.04. The maximum absolute atomic E-state index is 11.7. The summed E-state index contributed by atoms with van der Waals surface area (Å²) in [6.45, 7) is 4.30. The molecule has 0 saturated heterocycles. The molecule has 0 fully saturated rings. The van der Waals surface area contributed by atoms with E-state index in [2.05, 4.69) is 6.58 Å². The molecule has 0 spiro atoms. The molecule has 0 unspecified atom stereocenters. The van der Waals surface area contributed by atoms with E-state index in [1.54, 1.807) is 24.3 Å². The van der Waals surface area contributed by atoms with Gasteiger partial charge in [0, 0.05) is 12.2 Å². The van der Waals surface area contributed by atoms with Crippen LogP contribution in [0.2, 0.25) is 10.0 Å². The van der Waals surface area contributed by atoms with Crippen LogP contribution in [0.4, 0.5) is 11.4 Å². The van der Waals surface area contributed by atoms with Crippen molar-refractivity contribution in [1.29, 1.82) is 0 Å². The van der Waals surface area contributed by atoms with Crippen molar-refractivity contribution in [3.63, 3.8) is 0 Å². The second-order valence-electron chi connectivity index (χ2n) is 4.85. The van der Waals surface area contributed by atoms with Gasteiger partial charge < -0.3 is 9.64 Å². The second-order valence-corrected chi connectivity index (χ2v) is 5.67. The van der Waals surface area contributed by atoms with Crippen molar-refractivity contribution in [2.75, 3.05) is 18.6 Å². The van der Waals surface area contributed by atoms with Gasteiger partial charge in [-0.2, -0.15) is 0 Å². The zero-order valence-corrected chi connectivity index (χ0v) is 14.3. The standard InChI is InChI=1S/C18H17Cl2NO2/c1-3-11-21(18-14(19)8-6-9-15(18)20)16-10-5-4-7-13(16)12-17(22)23-2/h3-10H,1,11-12H2,2H3. The third-order valence-corrected chi connectivity index (χ3v) is 3.97. The minimum Gasteiger partial charge on any atom is -0.469 e. The molecule has 0 heterocycles. The fraction of sp³-hybridized carbons (Fsp3) is 0.167. The monoisotopic (exact) mass is 349 g/mol. The number of carbonyl (C=O) groups is 1. The van der Waals surface area contributed by atoms with E-state index < -0.39 is 0 Å². The number of carbonyl (C=O) groups excluding carboxylic acids is 1. The van der Waals surface area contributed by atoms with Crippen LogP contribution < -0.4 is 4.90 Å². The summed E-state index contributed by atoms with van der Waals surface area (Å²) in [5.41, 5.74) is 2.36. The molecule has 0 radical (unpaired) electrons. The maximum Gasteiger partial charge on any atom is 0.310 e. The van der Waals surface area contributed by atoms with Gasteiger partial charge in [-0.15, -0.1) is 6.58 Å². The third-order valence-electron chi connectivity index (χ3n) is 3.36. The smallest absolute Gasteiger partial charge is 0.310 e. The van der Waals surface area contributed by atoms with Crippen LogP contribution in [0.3, 0.4) is 0 Å². The maximum atomic E-state index is 11.7. The van der Waals surface area contributed by atoms with Crippen LogP contribution in [0.15, 0.2) is 55.1 Å². The van der Waals surface area contributed by atoms with E-state index in [0.29, 0.717) is 22.3 Å². The van der Waals surface area contributed by atoms with Gasteiger partial charge in [0.05, 0.1) is 29.3 Å². The van der Waals surface area contributed by atoms with E-state index in [9.17, 15) is 4.79 Å². The molecule has 0 amide bonds. The Kier molecular flexibility index (Phi) is 6.08. The molecule has 0 atom stereocenters. The highest BCUT2D eigenvalue weighted by Gasteiger charge is 2.19. The van der Waals surface area contributed by atoms with Crippen molar-refractivity contribution < 1.29 is 9.53 Å². The molecule has 0 N–H and O–H groups in total. The van der Waals surface area contributed by atoms with Gasteiger partial charge in [0.2, 0.25) is 0 Å². The first-order valence-corrected chi connectivity index (χ1v) is 7.81. The summed E-state index contributed by atoms with van der Waals surface area (Å²) in [6.07, 6.45) is 1.93. The number of para-hydroxylation sites is 2. The molecule has 120 valence electrons. The van der Waals surface area contributed by atoms with E-state index >= 15 is 0 Å². The van der Waals surface area contributed by atoms with Gasteiger partial charge in [-0.25, -0.2) is 0 Å². The first kappa shape index (κ1) is 17.4. The number of rotatable bonds is 6. The van der Waals surface area contributed by atoms with Crippen LogP contribution >= 0.6 is 23.2 Å². The molecule has 0 aromatic heterocycles. The van der Waals surface area contributed by atoms with Gasteiger partial charge in [0.15, 0.2) is 0 Å². The van der Waals surface area contributed by atoms with Gasteiger partial charge in [0.25, 0.3) is 0 Å². The molecule has 3 nitrogen and oxygen atoms in total. The first-order valence-electron chi connectivity index (χ1n) is 7.05. The molecule has 2 rings (SSSR count). The third kappa shape index (κ3) is 4.06. The van der Waals surface area contributed by atoms with Gasteiger partial charge in [0.1, 0.15) is 0 Å². The largest absolute Gasteiger partial charge is 0.469 e. The molecular formula is C18H17Cl2NO2. The van der Waals surface area contributed by atoms with Gasteiger partial charge in [-0.1, -0.05) is 53.5 Å². The highest BCUT2D eigenvalue weighted by molar-refractivity contribution is 6.39. The highest BCUT2D eigenvalue weighted by atomic mass is 35.5. The Morgan fingerprint density at radius 3 is 2.43 bits per heavy atom. The SMILES string of the molecule is C=CCN(c1ccccc1CC(=O)OC)c1c(Cl)cccc1Cl. The summed E-state index contributed by atoms with van der Waals surface area (Å²) in [5, 5.41) is 1.07. The zero-order valence-electron chi connectivity index (χ0n) is 12.8. The van der Waals surface area contributed by atoms with Crippen molar-refractivity contribution in [3.05, 3.63) is 70.7 Å². The average molecular weight is 350 g/mol. The Hall–Kier alpha value is -1.97. The molecule has 23 heavy (non-hydrogen) atoms. The summed E-state index contributed by atoms with van der Waals surface area (Å²) < 4.78 is 4.77. The Balaban J connectivity index is 2.54. The van der Waals surface area contributed by atoms with Crippen LogP contribution in [-0.2, 0) is 16.0 Å². The molecule has 5 heteroatoms. The van der Waals surface area contributed by atoms with Crippen LogP contribution in [0.1, 0.15) is 5.56 Å². The number of anilines is 2. The number of methoxy groups -OCH3 is 1. The Morgan fingerprint density at radius 2 is 1.83 bits per heavy atom. The lowest BCUT2D eigenvalue weighted by Gasteiger charge is -2.27. The molecule has 0 aliphatic carbocycles. The van der Waals surface area contributed by atoms with Crippen LogP contribution in [0, 0.1) is 0 Å². The van der Waals surface area contributed by atoms with Crippen molar-refractivity contribution in [2.45, 2.75) is 6.42 Å². The predicted molar refractivity (Wildman–Crippen MR) is 95.8 cm³/mol. The molecule has 0 aliphatic heterocycles. The number of nitrogens with zero attached hydrogens (tertiary/aromatic N) is 1. The van der Waals surface area contributed by atoms with Gasteiger partial charge in [-0.05, 0) is 23.8 Å². The van der Waals surface area contributed by atoms with Crippen molar-refractivity contribution in [3.8, 4) is 0 Å². The number of hydrogen-bond acceptors (Lipinski definition) is 3. The van der Waals surface area contributed by atoms with E-state index in [0.717, 1.165) is 11.3 Å². The topological polar surface area (TPSA) is 29.5 Å². The van der Waals surface area contributed by atoms with Gasteiger partial charge in [-0.3, -0.25) is 4.79 Å². The minimum absolute atomic E-state index is 0.169. The molecule has 2 aromatic rings. The lowest BCUT2D eigenvalue weighted by atomic mass is 10.1. The highest BCUT2D eigenvalue weighted by Crippen LogP contribution is 2.39. The summed E-state index contributed by atoms with van der Waals surface area (Å²) in [7, 11) is 1.37. The zero-order chi connectivity index (χ0) is 16.8. The quantitative estimate of drug-likeness (QED) is 0.540. The van der Waals surface area contributed by atoms with E-state index in [1.807, 2.05) is 29.2 Å². The molecule has 0 aliphatic rings. The summed E-state index contributed by atoms with van der Waals surface area (Å²) >= 11 is 12.7. The molecule has 2 aromatic carbocycles. The number of ether oxygens (including phenoxy) is 1. The summed E-state index contributed by atoms with van der Waals surface area (Å²) in [5.74, 6) is -0.304. The van der Waals surface area contributed by atoms with E-state index in [-0.39, 0.29) is 12.4 Å². The lowest BCUT2D eigenvalue weighted by Crippen LogP contribution is -2.20. The van der Waals surface area contributed by atoms with E-state index in [4.69, 9.17) is 27.9 Å². The number of halogens is 2. The molecule has 0 bridgehead atoms. The fourth-order valence-corrected chi connectivity index (χ4v) is 2.94. The van der Waals surface area contributed by atoms with Crippen molar-refractivity contribution in [1.82, 2.24) is 0 Å². The number of esters is 1. The normalized spacial score (nSPS) is 10.2. The Bertz CT molecular complexity index is 696. The van der Waals surface area contributed by atoms with Crippen molar-refractivity contribution >= 4 is 40.5 Å². The number of benzene rings is 2. The van der Waals surface area contributed by atoms with Crippen molar-refractivity contribution in [2.24, 2.45) is 0 Å². The first-order chi connectivity index (χ1) is 11.1. The Labute approximate surface area is 146 Å². The lowest BCUT2D eigenvalue weighted by molar-refractivity contribution is -0.139. The predicted octanol–water partition coefficient (Wildman–Crippen LogP) is 5.03. The van der Waals surface area contributed by atoms with Crippen LogP contribution in [0.5, 0.6) is 0 Å². The van der Waals surface area contributed by atoms with E-state index in [1.165, 1.54) is 7.11 Å². The molecular weight excluding hydrogens is 333 g/mol. The minimum atomic E-state index is -0.304. The Morgan fingerprint density at radius 1 is 1.17 bits per heavy atom. The average Bonchev–Trinajstić information content (AvgIpc) is 2.54. The fourth-order valence-electron chi connectivity index (χ4n) is 2.34. The summed E-state index contributed by atoms with van der Waals surface area (Å²) in [4.78, 5) is 13.6.